The number of carbonyl (C=O) groups excluding carboxylic acids is 1. The molecule has 0 bridgehead atoms. The van der Waals surface area contributed by atoms with E-state index < -0.39 is 58.3 Å². The van der Waals surface area contributed by atoms with E-state index in [0.717, 1.165) is 18.2 Å². The Hall–Kier alpha value is -3.22. The van der Waals surface area contributed by atoms with Crippen molar-refractivity contribution in [1.29, 1.82) is 0 Å². The number of rotatable bonds is 3. The summed E-state index contributed by atoms with van der Waals surface area (Å²) in [6.07, 6.45) is -16.5. The highest BCUT2D eigenvalue weighted by Gasteiger charge is 2.66. The SMILES string of the molecule is Cc1cc(C(O)(c2ccc3c(c2)OC(F)(F)C(F)(F)O3)C(F)(F)F)ccc1NC(=O)OC(C)(C)C. The highest BCUT2D eigenvalue weighted by molar-refractivity contribution is 5.86. The molecule has 0 radical (unpaired) electrons. The lowest BCUT2D eigenvalue weighted by molar-refractivity contribution is -0.391. The maximum absolute atomic E-state index is 14.1. The molecule has 2 N–H and O–H groups in total. The Balaban J connectivity index is 2.03. The number of anilines is 1. The van der Waals surface area contributed by atoms with Gasteiger partial charge in [-0.2, -0.15) is 30.7 Å². The predicted octanol–water partition coefficient (Wildman–Crippen LogP) is 6.10. The van der Waals surface area contributed by atoms with E-state index >= 15 is 0 Å². The number of hydrogen-bond donors (Lipinski definition) is 2. The van der Waals surface area contributed by atoms with Gasteiger partial charge in [0.1, 0.15) is 5.60 Å². The molecule has 192 valence electrons. The van der Waals surface area contributed by atoms with Crippen molar-refractivity contribution in [2.45, 2.75) is 57.3 Å². The highest BCUT2D eigenvalue weighted by Crippen LogP contribution is 2.51. The van der Waals surface area contributed by atoms with Gasteiger partial charge in [0.05, 0.1) is 0 Å². The fraction of sp³-hybridized carbons (Fsp3) is 0.409. The Kier molecular flexibility index (Phi) is 6.16. The molecule has 0 spiro atoms. The maximum Gasteiger partial charge on any atom is 0.507 e. The van der Waals surface area contributed by atoms with Crippen LogP contribution in [0.25, 0.3) is 0 Å². The van der Waals surface area contributed by atoms with Gasteiger partial charge in [0, 0.05) is 11.3 Å². The van der Waals surface area contributed by atoms with E-state index in [1.54, 1.807) is 20.8 Å². The number of benzene rings is 2. The summed E-state index contributed by atoms with van der Waals surface area (Å²) >= 11 is 0. The van der Waals surface area contributed by atoms with Gasteiger partial charge >= 0.3 is 24.5 Å². The average molecular weight is 511 g/mol. The van der Waals surface area contributed by atoms with Gasteiger partial charge in [0.15, 0.2) is 11.5 Å². The minimum Gasteiger partial charge on any atom is -0.444 e. The molecule has 1 unspecified atom stereocenters. The summed E-state index contributed by atoms with van der Waals surface area (Å²) in [7, 11) is 0. The first kappa shape index (κ1) is 26.4. The van der Waals surface area contributed by atoms with Gasteiger partial charge in [-0.1, -0.05) is 18.2 Å². The van der Waals surface area contributed by atoms with Crippen LogP contribution in [-0.2, 0) is 10.3 Å². The van der Waals surface area contributed by atoms with Gasteiger partial charge in [0.2, 0.25) is 5.60 Å². The van der Waals surface area contributed by atoms with Gasteiger partial charge in [-0.15, -0.1) is 0 Å². The van der Waals surface area contributed by atoms with Crippen LogP contribution in [0.1, 0.15) is 37.5 Å². The number of aliphatic hydroxyl groups is 1. The lowest BCUT2D eigenvalue weighted by Gasteiger charge is -2.35. The monoisotopic (exact) mass is 511 g/mol. The van der Waals surface area contributed by atoms with Crippen molar-refractivity contribution in [1.82, 2.24) is 0 Å². The fourth-order valence-electron chi connectivity index (χ4n) is 3.23. The summed E-state index contributed by atoms with van der Waals surface area (Å²) in [5.41, 5.74) is -6.17. The van der Waals surface area contributed by atoms with Crippen molar-refractivity contribution in [3.8, 4) is 11.5 Å². The second-order valence-corrected chi connectivity index (χ2v) is 8.76. The van der Waals surface area contributed by atoms with Crippen LogP contribution in [0.3, 0.4) is 0 Å². The van der Waals surface area contributed by atoms with Crippen molar-refractivity contribution >= 4 is 11.8 Å². The molecule has 0 saturated carbocycles. The van der Waals surface area contributed by atoms with Crippen LogP contribution in [-0.4, -0.2) is 35.2 Å². The van der Waals surface area contributed by atoms with Crippen molar-refractivity contribution in [2.75, 3.05) is 5.32 Å². The van der Waals surface area contributed by atoms with Gasteiger partial charge < -0.3 is 19.3 Å². The van der Waals surface area contributed by atoms with Crippen molar-refractivity contribution < 1.29 is 54.8 Å². The average Bonchev–Trinajstić information content (AvgIpc) is 2.66. The number of hydrogen-bond acceptors (Lipinski definition) is 5. The van der Waals surface area contributed by atoms with Crippen molar-refractivity contribution in [2.24, 2.45) is 0 Å². The number of alkyl halides is 7. The molecular formula is C22H20F7NO5. The Morgan fingerprint density at radius 2 is 1.43 bits per heavy atom. The molecule has 1 amide bonds. The Bertz CT molecular complexity index is 1140. The first-order chi connectivity index (χ1) is 15.8. The molecule has 0 fully saturated rings. The quantitative estimate of drug-likeness (QED) is 0.488. The molecule has 3 rings (SSSR count). The third kappa shape index (κ3) is 4.95. The standard InChI is InChI=1S/C22H20F7NO5/c1-11-9-12(5-7-14(11)30-17(31)35-18(2,3)4)19(32,20(23,24)25)13-6-8-15-16(10-13)34-22(28,29)21(26,27)33-15/h5-10,32H,1-4H3,(H,30,31). The minimum atomic E-state index is -5.39. The largest absolute Gasteiger partial charge is 0.507 e. The number of carbonyl (C=O) groups is 1. The third-order valence-corrected chi connectivity index (χ3v) is 4.87. The molecular weight excluding hydrogens is 491 g/mol. The van der Waals surface area contributed by atoms with Crippen LogP contribution in [0.5, 0.6) is 11.5 Å². The smallest absolute Gasteiger partial charge is 0.444 e. The molecule has 0 aromatic heterocycles. The number of nitrogens with one attached hydrogen (secondary N) is 1. The van der Waals surface area contributed by atoms with E-state index in [1.165, 1.54) is 6.92 Å². The molecule has 1 aliphatic heterocycles. The van der Waals surface area contributed by atoms with Crippen molar-refractivity contribution in [3.05, 3.63) is 53.1 Å². The Labute approximate surface area is 194 Å². The first-order valence-corrected chi connectivity index (χ1v) is 9.95. The summed E-state index contributed by atoms with van der Waals surface area (Å²) in [6.45, 7) is 6.17. The summed E-state index contributed by atoms with van der Waals surface area (Å²) < 4.78 is 109. The zero-order valence-corrected chi connectivity index (χ0v) is 18.7. The molecule has 0 saturated heterocycles. The number of fused-ring (bicyclic) bond motifs is 1. The van der Waals surface area contributed by atoms with E-state index in [4.69, 9.17) is 4.74 Å². The lowest BCUT2D eigenvalue weighted by atomic mass is 9.84. The molecule has 35 heavy (non-hydrogen) atoms. The Morgan fingerprint density at radius 1 is 0.914 bits per heavy atom. The molecule has 2 aromatic carbocycles. The van der Waals surface area contributed by atoms with E-state index in [-0.39, 0.29) is 11.3 Å². The normalized spacial score (nSPS) is 18.4. The zero-order chi connectivity index (χ0) is 26.6. The van der Waals surface area contributed by atoms with Crippen LogP contribution < -0.4 is 14.8 Å². The fourth-order valence-corrected chi connectivity index (χ4v) is 3.23. The molecule has 6 nitrogen and oxygen atoms in total. The zero-order valence-electron chi connectivity index (χ0n) is 18.7. The molecule has 1 atom stereocenters. The van der Waals surface area contributed by atoms with Crippen LogP contribution >= 0.6 is 0 Å². The number of halogens is 7. The number of ether oxygens (including phenoxy) is 3. The predicted molar refractivity (Wildman–Crippen MR) is 108 cm³/mol. The van der Waals surface area contributed by atoms with Gasteiger partial charge in [0.25, 0.3) is 0 Å². The maximum atomic E-state index is 14.1. The number of amides is 1. The molecule has 2 aromatic rings. The summed E-state index contributed by atoms with van der Waals surface area (Å²) in [4.78, 5) is 12.0. The first-order valence-electron chi connectivity index (χ1n) is 9.95. The second-order valence-electron chi connectivity index (χ2n) is 8.76. The summed E-state index contributed by atoms with van der Waals surface area (Å²) in [5.74, 6) is -2.07. The molecule has 13 heteroatoms. The summed E-state index contributed by atoms with van der Waals surface area (Å²) in [5, 5.41) is 13.2. The second kappa shape index (κ2) is 8.18. The topological polar surface area (TPSA) is 77.0 Å². The lowest BCUT2D eigenvalue weighted by Crippen LogP contribution is -2.52. The van der Waals surface area contributed by atoms with E-state index in [9.17, 15) is 40.6 Å². The number of aryl methyl sites for hydroxylation is 1. The third-order valence-electron chi connectivity index (χ3n) is 4.87. The Morgan fingerprint density at radius 3 is 1.94 bits per heavy atom. The van der Waals surface area contributed by atoms with Crippen molar-refractivity contribution in [3.63, 3.8) is 0 Å². The van der Waals surface area contributed by atoms with E-state index in [1.807, 2.05) is 0 Å². The van der Waals surface area contributed by atoms with Crippen LogP contribution in [0.4, 0.5) is 41.2 Å². The molecule has 0 aliphatic carbocycles. The van der Waals surface area contributed by atoms with Gasteiger partial charge in [-0.3, -0.25) is 5.32 Å². The highest BCUT2D eigenvalue weighted by atomic mass is 19.4. The summed E-state index contributed by atoms with van der Waals surface area (Å²) in [6, 6.07) is 4.34. The van der Waals surface area contributed by atoms with E-state index in [2.05, 4.69) is 14.8 Å². The molecule has 1 aliphatic rings. The van der Waals surface area contributed by atoms with Crippen LogP contribution in [0.2, 0.25) is 0 Å². The minimum absolute atomic E-state index is 0.0802. The van der Waals surface area contributed by atoms with Gasteiger partial charge in [-0.05, 0) is 57.0 Å². The van der Waals surface area contributed by atoms with Gasteiger partial charge in [-0.25, -0.2) is 4.79 Å². The van der Waals surface area contributed by atoms with E-state index in [0.29, 0.717) is 18.2 Å². The van der Waals surface area contributed by atoms with Crippen LogP contribution in [0.15, 0.2) is 36.4 Å². The molecule has 1 heterocycles. The van der Waals surface area contributed by atoms with Crippen LogP contribution in [0, 0.1) is 6.92 Å².